The van der Waals surface area contributed by atoms with Crippen molar-refractivity contribution in [2.24, 2.45) is 0 Å². The fraction of sp³-hybridized carbons (Fsp3) is 0. The molecule has 2 aromatic rings. The summed E-state index contributed by atoms with van der Waals surface area (Å²) in [6.07, 6.45) is 0. The average molecular weight is 249 g/mol. The average Bonchev–Trinajstić information content (AvgIpc) is 2.32. The van der Waals surface area contributed by atoms with Crippen molar-refractivity contribution >= 4 is 0 Å². The van der Waals surface area contributed by atoms with Crippen LogP contribution in [0.15, 0.2) is 60.7 Å². The third-order valence-electron chi connectivity index (χ3n) is 1.81. The summed E-state index contributed by atoms with van der Waals surface area (Å²) in [6, 6.07) is 18.7. The zero-order valence-corrected chi connectivity index (χ0v) is 10.2. The van der Waals surface area contributed by atoms with Gasteiger partial charge in [-0.3, -0.25) is 0 Å². The van der Waals surface area contributed by atoms with Crippen LogP contribution in [0.5, 0.6) is 11.5 Å². The molecule has 0 fully saturated rings. The van der Waals surface area contributed by atoms with E-state index in [9.17, 15) is 0 Å². The number of rotatable bonds is 4. The second-order valence-electron chi connectivity index (χ2n) is 2.91. The minimum atomic E-state index is 0. The predicted molar refractivity (Wildman–Crippen MR) is 57.3 cm³/mol. The Labute approximate surface area is 109 Å². The number of benzene rings is 2. The van der Waals surface area contributed by atoms with Crippen molar-refractivity contribution in [1.29, 1.82) is 0 Å². The molecule has 0 saturated carbocycles. The summed E-state index contributed by atoms with van der Waals surface area (Å²) in [7, 11) is 0. The van der Waals surface area contributed by atoms with E-state index in [0.717, 1.165) is 0 Å². The molecular formula is C12H11NO2Ti. The van der Waals surface area contributed by atoms with Gasteiger partial charge in [-0.1, -0.05) is 36.4 Å². The fourth-order valence-electron chi connectivity index (χ4n) is 1.09. The molecule has 0 amide bonds. The molecule has 0 heterocycles. The van der Waals surface area contributed by atoms with Crippen LogP contribution in [0.1, 0.15) is 0 Å². The molecular weight excluding hydrogens is 238 g/mol. The number of hydrogen-bond acceptors (Lipinski definition) is 3. The minimum absolute atomic E-state index is 0. The van der Waals surface area contributed by atoms with Crippen LogP contribution in [-0.2, 0) is 21.7 Å². The molecule has 0 aliphatic heterocycles. The van der Waals surface area contributed by atoms with Gasteiger partial charge in [-0.2, -0.15) is 0 Å². The van der Waals surface area contributed by atoms with Crippen molar-refractivity contribution in [3.05, 3.63) is 60.7 Å². The number of nitrogens with one attached hydrogen (secondary N) is 1. The zero-order valence-electron chi connectivity index (χ0n) is 8.59. The van der Waals surface area contributed by atoms with Crippen LogP contribution in [0.3, 0.4) is 0 Å². The summed E-state index contributed by atoms with van der Waals surface area (Å²) < 4.78 is 0. The molecule has 16 heavy (non-hydrogen) atoms. The normalized spacial score (nSPS) is 9.00. The molecule has 0 unspecified atom stereocenters. The molecule has 0 saturated heterocycles. The van der Waals surface area contributed by atoms with Gasteiger partial charge in [0.15, 0.2) is 11.5 Å². The topological polar surface area (TPSA) is 30.5 Å². The number of hydrogen-bond donors (Lipinski definition) is 1. The quantitative estimate of drug-likeness (QED) is 0.667. The zero-order chi connectivity index (χ0) is 10.3. The van der Waals surface area contributed by atoms with E-state index in [1.54, 1.807) is 0 Å². The first-order valence-corrected chi connectivity index (χ1v) is 4.64. The van der Waals surface area contributed by atoms with Gasteiger partial charge in [0, 0.05) is 27.4 Å². The van der Waals surface area contributed by atoms with E-state index in [1.165, 1.54) is 0 Å². The Morgan fingerprint density at radius 3 is 1.38 bits per heavy atom. The SMILES string of the molecule is [Ti].c1ccc(ONOc2ccccc2)cc1. The summed E-state index contributed by atoms with van der Waals surface area (Å²) in [5.74, 6) is 1.40. The summed E-state index contributed by atoms with van der Waals surface area (Å²) in [5, 5.41) is 0. The smallest absolute Gasteiger partial charge is 0.151 e. The van der Waals surface area contributed by atoms with Crippen LogP contribution in [0.25, 0.3) is 0 Å². The molecule has 3 nitrogen and oxygen atoms in total. The molecule has 2 rings (SSSR count). The molecule has 1 N–H and O–H groups in total. The van der Waals surface area contributed by atoms with Crippen LogP contribution in [0.4, 0.5) is 0 Å². The van der Waals surface area contributed by atoms with Crippen LogP contribution in [0, 0.1) is 0 Å². The van der Waals surface area contributed by atoms with Crippen molar-refractivity contribution in [2.75, 3.05) is 0 Å². The molecule has 80 valence electrons. The predicted octanol–water partition coefficient (Wildman–Crippen LogP) is 2.56. The van der Waals surface area contributed by atoms with E-state index in [2.05, 4.69) is 5.64 Å². The molecule has 0 aromatic heterocycles. The van der Waals surface area contributed by atoms with Crippen molar-refractivity contribution in [3.8, 4) is 11.5 Å². The van der Waals surface area contributed by atoms with Gasteiger partial charge < -0.3 is 9.68 Å². The van der Waals surface area contributed by atoms with E-state index in [4.69, 9.17) is 9.68 Å². The van der Waals surface area contributed by atoms with Gasteiger partial charge in [0.25, 0.3) is 0 Å². The Bertz CT molecular complexity index is 355. The number of para-hydroxylation sites is 2. The fourth-order valence-corrected chi connectivity index (χ4v) is 1.09. The largest absolute Gasteiger partial charge is 0.374 e. The van der Waals surface area contributed by atoms with E-state index >= 15 is 0 Å². The van der Waals surface area contributed by atoms with Gasteiger partial charge in [-0.05, 0) is 24.3 Å². The van der Waals surface area contributed by atoms with Crippen LogP contribution < -0.4 is 15.3 Å². The van der Waals surface area contributed by atoms with Crippen molar-refractivity contribution < 1.29 is 31.4 Å². The van der Waals surface area contributed by atoms with Gasteiger partial charge in [-0.25, -0.2) is 0 Å². The van der Waals surface area contributed by atoms with E-state index in [-0.39, 0.29) is 21.7 Å². The first-order valence-electron chi connectivity index (χ1n) is 4.64. The Morgan fingerprint density at radius 1 is 0.625 bits per heavy atom. The maximum Gasteiger partial charge on any atom is 0.151 e. The third kappa shape index (κ3) is 4.07. The Balaban J connectivity index is 0.00000128. The summed E-state index contributed by atoms with van der Waals surface area (Å²) >= 11 is 0. The molecule has 0 spiro atoms. The maximum atomic E-state index is 5.14. The monoisotopic (exact) mass is 249 g/mol. The van der Waals surface area contributed by atoms with E-state index in [1.807, 2.05) is 60.7 Å². The maximum absolute atomic E-state index is 5.14. The summed E-state index contributed by atoms with van der Waals surface area (Å²) in [5.41, 5.74) is 2.42. The van der Waals surface area contributed by atoms with Crippen LogP contribution in [-0.4, -0.2) is 0 Å². The van der Waals surface area contributed by atoms with Crippen molar-refractivity contribution in [1.82, 2.24) is 5.64 Å². The Kier molecular flexibility index (Phi) is 5.64. The first-order chi connectivity index (χ1) is 7.45. The summed E-state index contributed by atoms with van der Waals surface area (Å²) in [4.78, 5) is 10.3. The molecule has 4 heteroatoms. The second kappa shape index (κ2) is 7.06. The minimum Gasteiger partial charge on any atom is -0.374 e. The molecule has 0 aliphatic rings. The third-order valence-corrected chi connectivity index (χ3v) is 1.81. The van der Waals surface area contributed by atoms with Gasteiger partial charge in [0.2, 0.25) is 0 Å². The second-order valence-corrected chi connectivity index (χ2v) is 2.91. The standard InChI is InChI=1S/C12H11NO2.Ti/c1-3-7-11(8-4-1)14-13-15-12-9-5-2-6-10-12;/h1-10,13H;. The molecule has 0 bridgehead atoms. The van der Waals surface area contributed by atoms with Gasteiger partial charge in [0.05, 0.1) is 0 Å². The van der Waals surface area contributed by atoms with Crippen LogP contribution >= 0.6 is 0 Å². The first kappa shape index (κ1) is 12.8. The summed E-state index contributed by atoms with van der Waals surface area (Å²) in [6.45, 7) is 0. The molecule has 0 aliphatic carbocycles. The van der Waals surface area contributed by atoms with E-state index in [0.29, 0.717) is 11.5 Å². The van der Waals surface area contributed by atoms with Crippen molar-refractivity contribution in [3.63, 3.8) is 0 Å². The molecule has 2 aromatic carbocycles. The Hall–Kier alpha value is -1.29. The Morgan fingerprint density at radius 2 is 1.00 bits per heavy atom. The van der Waals surface area contributed by atoms with Crippen LogP contribution in [0.2, 0.25) is 0 Å². The molecule has 0 atom stereocenters. The van der Waals surface area contributed by atoms with Gasteiger partial charge >= 0.3 is 0 Å². The molecule has 0 radical (unpaired) electrons. The van der Waals surface area contributed by atoms with Crippen molar-refractivity contribution in [2.45, 2.75) is 0 Å². The van der Waals surface area contributed by atoms with Gasteiger partial charge in [0.1, 0.15) is 0 Å². The van der Waals surface area contributed by atoms with Gasteiger partial charge in [-0.15, -0.1) is 0 Å². The van der Waals surface area contributed by atoms with E-state index < -0.39 is 0 Å².